The summed E-state index contributed by atoms with van der Waals surface area (Å²) < 4.78 is 2.07. The van der Waals surface area contributed by atoms with Gasteiger partial charge in [-0.25, -0.2) is 0 Å². The molecule has 2 aromatic rings. The zero-order valence-electron chi connectivity index (χ0n) is 17.3. The topological polar surface area (TPSA) is 80.1 Å². The van der Waals surface area contributed by atoms with Crippen LogP contribution in [0.2, 0.25) is 0 Å². The molecule has 0 saturated carbocycles. The predicted octanol–water partition coefficient (Wildman–Crippen LogP) is 2.81. The molecule has 0 radical (unpaired) electrons. The highest BCUT2D eigenvalue weighted by Gasteiger charge is 2.17. The summed E-state index contributed by atoms with van der Waals surface area (Å²) in [6.45, 7) is 4.19. The number of piperidine rings is 1. The number of rotatable bonds is 10. The summed E-state index contributed by atoms with van der Waals surface area (Å²) >= 11 is 0. The molecule has 1 aliphatic heterocycles. The molecule has 0 aliphatic carbocycles. The minimum absolute atomic E-state index is 0.0793. The van der Waals surface area contributed by atoms with Crippen molar-refractivity contribution < 1.29 is 9.59 Å². The molecule has 3 rings (SSSR count). The van der Waals surface area contributed by atoms with Gasteiger partial charge in [-0.3, -0.25) is 14.2 Å². The van der Waals surface area contributed by atoms with E-state index in [-0.39, 0.29) is 11.8 Å². The Labute approximate surface area is 172 Å². The summed E-state index contributed by atoms with van der Waals surface area (Å²) in [5.74, 6) is 2.13. The number of para-hydroxylation sites is 1. The van der Waals surface area contributed by atoms with Crippen LogP contribution in [0.3, 0.4) is 0 Å². The Hall–Kier alpha value is -2.70. The van der Waals surface area contributed by atoms with Gasteiger partial charge in [-0.2, -0.15) is 0 Å². The molecule has 0 unspecified atom stereocenters. The Bertz CT molecular complexity index is 803. The zero-order valence-corrected chi connectivity index (χ0v) is 17.3. The minimum Gasteiger partial charge on any atom is -0.356 e. The lowest BCUT2D eigenvalue weighted by Gasteiger charge is -2.26. The van der Waals surface area contributed by atoms with E-state index in [2.05, 4.69) is 20.1 Å². The third-order valence-corrected chi connectivity index (χ3v) is 5.31. The average molecular weight is 398 g/mol. The Balaban J connectivity index is 1.33. The number of nitrogens with one attached hydrogen (secondary N) is 1. The molecular formula is C22H31N5O2. The van der Waals surface area contributed by atoms with Crippen molar-refractivity contribution in [1.82, 2.24) is 25.0 Å². The molecule has 0 bridgehead atoms. The van der Waals surface area contributed by atoms with Crippen LogP contribution in [0.15, 0.2) is 30.3 Å². The molecule has 7 heteroatoms. The maximum Gasteiger partial charge on any atom is 0.222 e. The van der Waals surface area contributed by atoms with Gasteiger partial charge in [-0.05, 0) is 51.2 Å². The maximum atomic E-state index is 12.0. The van der Waals surface area contributed by atoms with E-state index < -0.39 is 0 Å². The van der Waals surface area contributed by atoms with E-state index in [9.17, 15) is 9.59 Å². The van der Waals surface area contributed by atoms with Crippen LogP contribution in [0.4, 0.5) is 0 Å². The van der Waals surface area contributed by atoms with Crippen molar-refractivity contribution in [3.05, 3.63) is 42.0 Å². The van der Waals surface area contributed by atoms with E-state index in [0.29, 0.717) is 19.4 Å². The molecule has 156 valence electrons. The normalized spacial score (nSPS) is 14.2. The minimum atomic E-state index is 0.0793. The molecule has 1 saturated heterocycles. The number of nitrogens with zero attached hydrogens (tertiary/aromatic N) is 4. The molecule has 1 aliphatic rings. The number of unbranched alkanes of at least 4 members (excludes halogenated alkanes) is 1. The van der Waals surface area contributed by atoms with Gasteiger partial charge in [-0.1, -0.05) is 18.2 Å². The van der Waals surface area contributed by atoms with Gasteiger partial charge >= 0.3 is 0 Å². The molecule has 7 nitrogen and oxygen atoms in total. The van der Waals surface area contributed by atoms with Crippen LogP contribution in [0.1, 0.15) is 56.6 Å². The smallest absolute Gasteiger partial charge is 0.222 e. The van der Waals surface area contributed by atoms with Gasteiger partial charge in [0.2, 0.25) is 11.8 Å². The number of likely N-dealkylation sites (tertiary alicyclic amines) is 1. The second kappa shape index (κ2) is 10.7. The van der Waals surface area contributed by atoms with Crippen molar-refractivity contribution in [3.63, 3.8) is 0 Å². The van der Waals surface area contributed by atoms with E-state index in [0.717, 1.165) is 69.0 Å². The lowest BCUT2D eigenvalue weighted by Crippen LogP contribution is -2.37. The Kier molecular flexibility index (Phi) is 7.78. The van der Waals surface area contributed by atoms with Crippen LogP contribution >= 0.6 is 0 Å². The standard InChI is InChI=1S/C22H31N5O2/c1-18-24-25-20(27(18)19-10-3-2-4-11-19)12-5-6-13-21(28)23-15-9-17-26-16-8-7-14-22(26)29/h2-4,10-11H,5-9,12-17H2,1H3,(H,23,28). The first kappa shape index (κ1) is 21.0. The fraction of sp³-hybridized carbons (Fsp3) is 0.545. The van der Waals surface area contributed by atoms with Crippen molar-refractivity contribution in [1.29, 1.82) is 0 Å². The number of benzene rings is 1. The molecular weight excluding hydrogens is 366 g/mol. The molecule has 1 aromatic carbocycles. The van der Waals surface area contributed by atoms with E-state index in [1.807, 2.05) is 42.2 Å². The van der Waals surface area contributed by atoms with Gasteiger partial charge in [-0.15, -0.1) is 10.2 Å². The number of hydrogen-bond donors (Lipinski definition) is 1. The Morgan fingerprint density at radius 3 is 2.72 bits per heavy atom. The number of hydrogen-bond acceptors (Lipinski definition) is 4. The third kappa shape index (κ3) is 6.14. The third-order valence-electron chi connectivity index (χ3n) is 5.31. The summed E-state index contributed by atoms with van der Waals surface area (Å²) in [7, 11) is 0. The average Bonchev–Trinajstić information content (AvgIpc) is 3.11. The van der Waals surface area contributed by atoms with Crippen molar-refractivity contribution >= 4 is 11.8 Å². The van der Waals surface area contributed by atoms with E-state index in [1.165, 1.54) is 0 Å². The van der Waals surface area contributed by atoms with Crippen LogP contribution in [-0.4, -0.2) is 51.1 Å². The number of aromatic nitrogens is 3. The predicted molar refractivity (Wildman–Crippen MR) is 112 cm³/mol. The SMILES string of the molecule is Cc1nnc(CCCCC(=O)NCCCN2CCCCC2=O)n1-c1ccccc1. The summed E-state index contributed by atoms with van der Waals surface area (Å²) in [4.78, 5) is 25.7. The van der Waals surface area contributed by atoms with Crippen LogP contribution in [0, 0.1) is 6.92 Å². The van der Waals surface area contributed by atoms with Gasteiger partial charge in [0.25, 0.3) is 0 Å². The van der Waals surface area contributed by atoms with Crippen LogP contribution in [-0.2, 0) is 16.0 Å². The summed E-state index contributed by atoms with van der Waals surface area (Å²) in [6.07, 6.45) is 6.60. The number of carbonyl (C=O) groups is 2. The highest BCUT2D eigenvalue weighted by Crippen LogP contribution is 2.14. The first-order valence-corrected chi connectivity index (χ1v) is 10.7. The highest BCUT2D eigenvalue weighted by atomic mass is 16.2. The Morgan fingerprint density at radius 2 is 1.93 bits per heavy atom. The van der Waals surface area contributed by atoms with Crippen molar-refractivity contribution in [2.75, 3.05) is 19.6 Å². The van der Waals surface area contributed by atoms with E-state index in [1.54, 1.807) is 0 Å². The van der Waals surface area contributed by atoms with Crippen LogP contribution in [0.25, 0.3) is 5.69 Å². The van der Waals surface area contributed by atoms with Crippen molar-refractivity contribution in [2.45, 2.75) is 58.3 Å². The number of aryl methyl sites for hydroxylation is 2. The van der Waals surface area contributed by atoms with Crippen molar-refractivity contribution in [3.8, 4) is 5.69 Å². The number of carbonyl (C=O) groups excluding carboxylic acids is 2. The lowest BCUT2D eigenvalue weighted by atomic mass is 10.1. The lowest BCUT2D eigenvalue weighted by molar-refractivity contribution is -0.133. The second-order valence-corrected chi connectivity index (χ2v) is 7.58. The first-order valence-electron chi connectivity index (χ1n) is 10.7. The summed E-state index contributed by atoms with van der Waals surface area (Å²) in [5, 5.41) is 11.5. The zero-order chi connectivity index (χ0) is 20.5. The van der Waals surface area contributed by atoms with Gasteiger partial charge in [0.15, 0.2) is 0 Å². The summed E-state index contributed by atoms with van der Waals surface area (Å²) in [5.41, 5.74) is 1.06. The molecule has 29 heavy (non-hydrogen) atoms. The summed E-state index contributed by atoms with van der Waals surface area (Å²) in [6, 6.07) is 10.1. The Morgan fingerprint density at radius 1 is 1.10 bits per heavy atom. The molecule has 0 atom stereocenters. The van der Waals surface area contributed by atoms with Gasteiger partial charge in [0, 0.05) is 44.6 Å². The molecule has 1 N–H and O–H groups in total. The van der Waals surface area contributed by atoms with Gasteiger partial charge in [0.1, 0.15) is 11.6 Å². The number of amides is 2. The molecule has 1 fully saturated rings. The van der Waals surface area contributed by atoms with Gasteiger partial charge < -0.3 is 10.2 Å². The van der Waals surface area contributed by atoms with E-state index >= 15 is 0 Å². The molecule has 2 amide bonds. The van der Waals surface area contributed by atoms with Crippen LogP contribution < -0.4 is 5.32 Å². The first-order chi connectivity index (χ1) is 14.1. The molecule has 2 heterocycles. The molecule has 1 aromatic heterocycles. The quantitative estimate of drug-likeness (QED) is 0.625. The highest BCUT2D eigenvalue weighted by molar-refractivity contribution is 5.77. The fourth-order valence-electron chi connectivity index (χ4n) is 3.73. The second-order valence-electron chi connectivity index (χ2n) is 7.58. The van der Waals surface area contributed by atoms with E-state index in [4.69, 9.17) is 0 Å². The molecule has 0 spiro atoms. The maximum absolute atomic E-state index is 12.0. The van der Waals surface area contributed by atoms with Crippen molar-refractivity contribution in [2.24, 2.45) is 0 Å². The largest absolute Gasteiger partial charge is 0.356 e. The van der Waals surface area contributed by atoms with Crippen LogP contribution in [0.5, 0.6) is 0 Å². The fourth-order valence-corrected chi connectivity index (χ4v) is 3.73. The van der Waals surface area contributed by atoms with Gasteiger partial charge in [0.05, 0.1) is 0 Å². The monoisotopic (exact) mass is 397 g/mol.